The summed E-state index contributed by atoms with van der Waals surface area (Å²) in [6.07, 6.45) is 3.79. The number of Topliss-reactive ketones (excluding diaryl/α,β-unsaturated/α-hetero) is 2. The van der Waals surface area contributed by atoms with Crippen molar-refractivity contribution in [2.75, 3.05) is 5.73 Å². The molecule has 2 rings (SSSR count). The molecule has 1 aromatic carbocycles. The largest absolute Gasteiger partial charge is 0.395 e. The second kappa shape index (κ2) is 6.37. The van der Waals surface area contributed by atoms with Gasteiger partial charge in [-0.15, -0.1) is 0 Å². The van der Waals surface area contributed by atoms with Gasteiger partial charge in [-0.2, -0.15) is 0 Å². The van der Waals surface area contributed by atoms with Gasteiger partial charge in [-0.25, -0.2) is 4.39 Å². The lowest BCUT2D eigenvalue weighted by atomic mass is 9.75. The Labute approximate surface area is 135 Å². The first kappa shape index (κ1) is 16.9. The van der Waals surface area contributed by atoms with Crippen LogP contribution >= 0.6 is 11.6 Å². The van der Waals surface area contributed by atoms with Crippen LogP contribution in [0.15, 0.2) is 6.07 Å². The van der Waals surface area contributed by atoms with Crippen molar-refractivity contribution in [1.82, 2.24) is 0 Å². The van der Waals surface area contributed by atoms with Gasteiger partial charge in [0.25, 0.3) is 0 Å². The van der Waals surface area contributed by atoms with Crippen molar-refractivity contribution in [3.8, 4) is 0 Å². The van der Waals surface area contributed by atoms with Crippen LogP contribution in [0.4, 0.5) is 10.1 Å². The Balaban J connectivity index is 2.43. The molecule has 0 radical (unpaired) electrons. The van der Waals surface area contributed by atoms with Crippen LogP contribution in [0.2, 0.25) is 5.02 Å². The van der Waals surface area contributed by atoms with Crippen LogP contribution in [0.3, 0.4) is 0 Å². The third-order valence-corrected chi connectivity index (χ3v) is 4.99. The number of halogens is 2. The molecule has 1 unspecified atom stereocenters. The number of nitrogen functional groups attached to an aromatic ring is 1. The Morgan fingerprint density at radius 3 is 2.73 bits per heavy atom. The lowest BCUT2D eigenvalue weighted by Gasteiger charge is -2.27. The summed E-state index contributed by atoms with van der Waals surface area (Å²) in [4.78, 5) is 24.2. The molecule has 5 heteroatoms. The molecule has 1 aromatic rings. The third-order valence-electron chi connectivity index (χ3n) is 4.56. The fraction of sp³-hybridized carbons (Fsp3) is 0.529. The number of hydrogen-bond acceptors (Lipinski definition) is 3. The van der Waals surface area contributed by atoms with E-state index in [1.165, 1.54) is 13.0 Å². The van der Waals surface area contributed by atoms with E-state index < -0.39 is 11.2 Å². The highest BCUT2D eigenvalue weighted by atomic mass is 35.5. The topological polar surface area (TPSA) is 60.2 Å². The molecule has 1 atom stereocenters. The summed E-state index contributed by atoms with van der Waals surface area (Å²) < 4.78 is 13.8. The Bertz CT molecular complexity index is 630. The highest BCUT2D eigenvalue weighted by molar-refractivity contribution is 6.34. The van der Waals surface area contributed by atoms with Gasteiger partial charge in [-0.3, -0.25) is 4.79 Å². The lowest BCUT2D eigenvalue weighted by Crippen LogP contribution is -2.29. The Morgan fingerprint density at radius 1 is 1.45 bits per heavy atom. The maximum Gasteiger partial charge on any atom is 0.169 e. The minimum absolute atomic E-state index is 0.0522. The average molecular weight is 326 g/mol. The van der Waals surface area contributed by atoms with Crippen molar-refractivity contribution in [3.05, 3.63) is 28.0 Å². The van der Waals surface area contributed by atoms with Gasteiger partial charge in [0.05, 0.1) is 10.7 Å². The molecular weight excluding hydrogens is 305 g/mol. The van der Waals surface area contributed by atoms with E-state index in [4.69, 9.17) is 17.3 Å². The van der Waals surface area contributed by atoms with Crippen molar-refractivity contribution in [2.24, 2.45) is 5.41 Å². The zero-order chi connectivity index (χ0) is 16.5. The molecular formula is C17H21ClFNO2. The number of nitrogens with two attached hydrogens (primary N) is 1. The van der Waals surface area contributed by atoms with E-state index >= 15 is 0 Å². The van der Waals surface area contributed by atoms with Crippen LogP contribution < -0.4 is 5.73 Å². The van der Waals surface area contributed by atoms with Gasteiger partial charge in [0.1, 0.15) is 11.6 Å². The van der Waals surface area contributed by atoms with Crippen LogP contribution in [0, 0.1) is 11.2 Å². The van der Waals surface area contributed by atoms with E-state index in [1.807, 2.05) is 0 Å². The fourth-order valence-electron chi connectivity index (χ4n) is 3.22. The number of ketones is 2. The molecule has 0 amide bonds. The molecule has 1 aliphatic carbocycles. The van der Waals surface area contributed by atoms with Gasteiger partial charge in [0.2, 0.25) is 0 Å². The molecule has 22 heavy (non-hydrogen) atoms. The van der Waals surface area contributed by atoms with Crippen LogP contribution in [0.1, 0.15) is 61.9 Å². The van der Waals surface area contributed by atoms with Crippen molar-refractivity contribution < 1.29 is 14.0 Å². The van der Waals surface area contributed by atoms with Crippen molar-refractivity contribution in [1.29, 1.82) is 0 Å². The monoisotopic (exact) mass is 325 g/mol. The molecule has 120 valence electrons. The molecule has 0 fully saturated rings. The molecule has 0 spiro atoms. The van der Waals surface area contributed by atoms with Gasteiger partial charge in [0, 0.05) is 17.4 Å². The summed E-state index contributed by atoms with van der Waals surface area (Å²) in [6.45, 7) is 3.57. The summed E-state index contributed by atoms with van der Waals surface area (Å²) in [5.41, 5.74) is 5.85. The van der Waals surface area contributed by atoms with E-state index in [9.17, 15) is 14.0 Å². The number of rotatable bonds is 6. The molecule has 0 saturated heterocycles. The predicted octanol–water partition coefficient (Wildman–Crippen LogP) is 4.35. The molecule has 0 heterocycles. The molecule has 3 nitrogen and oxygen atoms in total. The molecule has 0 bridgehead atoms. The highest BCUT2D eigenvalue weighted by Crippen LogP contribution is 2.48. The number of fused-ring (bicyclic) bond motifs is 1. The number of unbranched alkanes of at least 4 members (excludes halogenated alkanes) is 1. The maximum atomic E-state index is 13.8. The van der Waals surface area contributed by atoms with Gasteiger partial charge >= 0.3 is 0 Å². The van der Waals surface area contributed by atoms with Gasteiger partial charge < -0.3 is 10.5 Å². The minimum atomic E-state index is -0.657. The smallest absolute Gasteiger partial charge is 0.169 e. The Kier molecular flexibility index (Phi) is 4.90. The van der Waals surface area contributed by atoms with Crippen molar-refractivity contribution in [2.45, 2.75) is 52.4 Å². The summed E-state index contributed by atoms with van der Waals surface area (Å²) in [7, 11) is 0. The quantitative estimate of drug-likeness (QED) is 0.791. The molecule has 0 aliphatic heterocycles. The Morgan fingerprint density at radius 2 is 2.14 bits per heavy atom. The third kappa shape index (κ3) is 2.89. The predicted molar refractivity (Wildman–Crippen MR) is 85.7 cm³/mol. The minimum Gasteiger partial charge on any atom is -0.395 e. The number of benzene rings is 1. The van der Waals surface area contributed by atoms with Crippen LogP contribution in [0.25, 0.3) is 0 Å². The summed E-state index contributed by atoms with van der Waals surface area (Å²) >= 11 is 6.15. The lowest BCUT2D eigenvalue weighted by molar-refractivity contribution is -0.117. The molecule has 2 N–H and O–H groups in total. The first-order valence-corrected chi connectivity index (χ1v) is 8.01. The van der Waals surface area contributed by atoms with Crippen molar-refractivity contribution in [3.63, 3.8) is 0 Å². The van der Waals surface area contributed by atoms with Crippen LogP contribution in [0.5, 0.6) is 0 Å². The van der Waals surface area contributed by atoms with Crippen LogP contribution in [-0.2, 0) is 11.2 Å². The van der Waals surface area contributed by atoms with Crippen molar-refractivity contribution >= 4 is 28.9 Å². The van der Waals surface area contributed by atoms with Gasteiger partial charge in [0.15, 0.2) is 5.78 Å². The second-order valence-corrected chi connectivity index (χ2v) is 6.58. The van der Waals surface area contributed by atoms with Gasteiger partial charge in [-0.05, 0) is 37.8 Å². The molecule has 1 aliphatic rings. The number of hydrogen-bond donors (Lipinski definition) is 1. The number of carbonyl (C=O) groups is 2. The number of carbonyl (C=O) groups excluding carboxylic acids is 2. The molecule has 0 saturated carbocycles. The van der Waals surface area contributed by atoms with E-state index in [0.29, 0.717) is 36.8 Å². The van der Waals surface area contributed by atoms with Crippen LogP contribution in [-0.4, -0.2) is 11.6 Å². The average Bonchev–Trinajstić information content (AvgIpc) is 2.75. The molecule has 0 aromatic heterocycles. The fourth-order valence-corrected chi connectivity index (χ4v) is 3.48. The first-order chi connectivity index (χ1) is 10.3. The van der Waals surface area contributed by atoms with E-state index in [-0.39, 0.29) is 22.3 Å². The van der Waals surface area contributed by atoms with E-state index in [0.717, 1.165) is 12.8 Å². The first-order valence-electron chi connectivity index (χ1n) is 7.63. The number of anilines is 1. The van der Waals surface area contributed by atoms with E-state index in [2.05, 4.69) is 6.92 Å². The van der Waals surface area contributed by atoms with E-state index in [1.54, 1.807) is 0 Å². The SMILES string of the molecule is CCCCC1(CCC(C)=O)Cc2c(cc(F)c(N)c2Cl)C1=O. The zero-order valence-electron chi connectivity index (χ0n) is 13.0. The summed E-state index contributed by atoms with van der Waals surface area (Å²) in [5, 5.41) is 0.143. The highest BCUT2D eigenvalue weighted by Gasteiger charge is 2.46. The summed E-state index contributed by atoms with van der Waals surface area (Å²) in [6, 6.07) is 1.19. The zero-order valence-corrected chi connectivity index (χ0v) is 13.7. The van der Waals surface area contributed by atoms with Gasteiger partial charge in [-0.1, -0.05) is 31.4 Å². The summed E-state index contributed by atoms with van der Waals surface area (Å²) in [5.74, 6) is -0.704. The second-order valence-electron chi connectivity index (χ2n) is 6.20. The normalized spacial score (nSPS) is 20.3. The standard InChI is InChI=1S/C17H21ClFNO2/c1-3-4-6-17(7-5-10(2)21)9-12-11(16(17)22)8-13(19)15(20)14(12)18/h8H,3-7,9,20H2,1-2H3. The Hall–Kier alpha value is -1.42. The maximum absolute atomic E-state index is 13.8.